The van der Waals surface area contributed by atoms with E-state index < -0.39 is 0 Å². The SMILES string of the molecule is COC(=O)CN1CCC(Nc2ccccc2)CC1. The van der Waals surface area contributed by atoms with Crippen LogP contribution in [-0.2, 0) is 9.53 Å². The highest BCUT2D eigenvalue weighted by Gasteiger charge is 2.20. The van der Waals surface area contributed by atoms with E-state index in [0.717, 1.165) is 25.9 Å². The van der Waals surface area contributed by atoms with E-state index in [1.807, 2.05) is 18.2 Å². The lowest BCUT2D eigenvalue weighted by Gasteiger charge is -2.32. The Labute approximate surface area is 108 Å². The Balaban J connectivity index is 1.75. The molecule has 0 atom stereocenters. The van der Waals surface area contributed by atoms with Crippen LogP contribution in [-0.4, -0.2) is 43.7 Å². The van der Waals surface area contributed by atoms with Crippen LogP contribution in [0.2, 0.25) is 0 Å². The number of carbonyl (C=O) groups is 1. The summed E-state index contributed by atoms with van der Waals surface area (Å²) in [6, 6.07) is 10.8. The molecule has 2 rings (SSSR count). The smallest absolute Gasteiger partial charge is 0.319 e. The molecule has 98 valence electrons. The van der Waals surface area contributed by atoms with Gasteiger partial charge in [-0.2, -0.15) is 0 Å². The molecule has 0 unspecified atom stereocenters. The number of anilines is 1. The van der Waals surface area contributed by atoms with Crippen LogP contribution >= 0.6 is 0 Å². The summed E-state index contributed by atoms with van der Waals surface area (Å²) in [6.45, 7) is 2.30. The van der Waals surface area contributed by atoms with Crippen molar-refractivity contribution in [2.45, 2.75) is 18.9 Å². The van der Waals surface area contributed by atoms with Gasteiger partial charge in [0.05, 0.1) is 13.7 Å². The van der Waals surface area contributed by atoms with Gasteiger partial charge in [-0.25, -0.2) is 0 Å². The molecule has 1 heterocycles. The Hall–Kier alpha value is -1.55. The first kappa shape index (κ1) is 12.9. The largest absolute Gasteiger partial charge is 0.468 e. The van der Waals surface area contributed by atoms with Gasteiger partial charge in [0.2, 0.25) is 0 Å². The molecule has 1 N–H and O–H groups in total. The number of para-hydroxylation sites is 1. The van der Waals surface area contributed by atoms with Crippen LogP contribution < -0.4 is 5.32 Å². The van der Waals surface area contributed by atoms with Crippen LogP contribution in [0.5, 0.6) is 0 Å². The number of ether oxygens (including phenoxy) is 1. The number of nitrogens with zero attached hydrogens (tertiary/aromatic N) is 1. The van der Waals surface area contributed by atoms with E-state index in [4.69, 9.17) is 0 Å². The van der Waals surface area contributed by atoms with E-state index in [-0.39, 0.29) is 5.97 Å². The number of esters is 1. The minimum absolute atomic E-state index is 0.149. The topological polar surface area (TPSA) is 41.6 Å². The van der Waals surface area contributed by atoms with Gasteiger partial charge in [-0.1, -0.05) is 18.2 Å². The van der Waals surface area contributed by atoms with Gasteiger partial charge in [0.1, 0.15) is 0 Å². The minimum Gasteiger partial charge on any atom is -0.468 e. The highest BCUT2D eigenvalue weighted by Crippen LogP contribution is 2.16. The van der Waals surface area contributed by atoms with Crippen molar-refractivity contribution >= 4 is 11.7 Å². The van der Waals surface area contributed by atoms with E-state index in [0.29, 0.717) is 12.6 Å². The summed E-state index contributed by atoms with van der Waals surface area (Å²) < 4.78 is 4.68. The van der Waals surface area contributed by atoms with Crippen LogP contribution in [0.4, 0.5) is 5.69 Å². The molecule has 0 aromatic heterocycles. The number of hydrogen-bond acceptors (Lipinski definition) is 4. The third-order valence-electron chi connectivity index (χ3n) is 3.31. The molecule has 0 aliphatic carbocycles. The number of hydrogen-bond donors (Lipinski definition) is 1. The number of benzene rings is 1. The van der Waals surface area contributed by atoms with Crippen molar-refractivity contribution < 1.29 is 9.53 Å². The Bertz CT molecular complexity index is 373. The fourth-order valence-corrected chi connectivity index (χ4v) is 2.25. The molecule has 0 bridgehead atoms. The summed E-state index contributed by atoms with van der Waals surface area (Å²) in [5, 5.41) is 3.53. The number of piperidine rings is 1. The molecule has 1 aliphatic rings. The van der Waals surface area contributed by atoms with Gasteiger partial charge in [-0.15, -0.1) is 0 Å². The van der Waals surface area contributed by atoms with Gasteiger partial charge in [-0.05, 0) is 25.0 Å². The van der Waals surface area contributed by atoms with Crippen molar-refractivity contribution in [2.24, 2.45) is 0 Å². The molecular formula is C14H20N2O2. The van der Waals surface area contributed by atoms with Gasteiger partial charge in [0.25, 0.3) is 0 Å². The highest BCUT2D eigenvalue weighted by molar-refractivity contribution is 5.71. The molecule has 1 aromatic rings. The van der Waals surface area contributed by atoms with Crippen LogP contribution in [0.25, 0.3) is 0 Å². The third kappa shape index (κ3) is 3.74. The van der Waals surface area contributed by atoms with E-state index in [1.54, 1.807) is 0 Å². The highest BCUT2D eigenvalue weighted by atomic mass is 16.5. The van der Waals surface area contributed by atoms with Crippen molar-refractivity contribution in [1.82, 2.24) is 4.90 Å². The van der Waals surface area contributed by atoms with Crippen LogP contribution in [0.1, 0.15) is 12.8 Å². The number of methoxy groups -OCH3 is 1. The monoisotopic (exact) mass is 248 g/mol. The zero-order valence-electron chi connectivity index (χ0n) is 10.8. The van der Waals surface area contributed by atoms with E-state index in [1.165, 1.54) is 12.8 Å². The van der Waals surface area contributed by atoms with Gasteiger partial charge < -0.3 is 10.1 Å². The standard InChI is InChI=1S/C14H20N2O2/c1-18-14(17)11-16-9-7-13(8-10-16)15-12-5-3-2-4-6-12/h2-6,13,15H,7-11H2,1H3. The van der Waals surface area contributed by atoms with Gasteiger partial charge in [0.15, 0.2) is 0 Å². The normalized spacial score (nSPS) is 17.4. The molecule has 18 heavy (non-hydrogen) atoms. The number of rotatable bonds is 4. The first-order chi connectivity index (χ1) is 8.78. The van der Waals surface area contributed by atoms with Crippen molar-refractivity contribution in [3.8, 4) is 0 Å². The summed E-state index contributed by atoms with van der Waals surface area (Å²) in [5.74, 6) is -0.149. The maximum Gasteiger partial charge on any atom is 0.319 e. The van der Waals surface area contributed by atoms with Crippen molar-refractivity contribution in [3.63, 3.8) is 0 Å². The molecule has 1 aliphatic heterocycles. The van der Waals surface area contributed by atoms with Crippen LogP contribution in [0.15, 0.2) is 30.3 Å². The minimum atomic E-state index is -0.149. The lowest BCUT2D eigenvalue weighted by atomic mass is 10.0. The summed E-state index contributed by atoms with van der Waals surface area (Å²) in [4.78, 5) is 13.3. The Morgan fingerprint density at radius 2 is 2.00 bits per heavy atom. The molecule has 1 aromatic carbocycles. The van der Waals surface area contributed by atoms with Gasteiger partial charge >= 0.3 is 5.97 Å². The second kappa shape index (κ2) is 6.40. The lowest BCUT2D eigenvalue weighted by molar-refractivity contribution is -0.142. The first-order valence-electron chi connectivity index (χ1n) is 6.38. The fourth-order valence-electron chi connectivity index (χ4n) is 2.25. The molecule has 0 saturated carbocycles. The molecule has 4 heteroatoms. The summed E-state index contributed by atoms with van der Waals surface area (Å²) in [6.07, 6.45) is 2.12. The van der Waals surface area contributed by atoms with Crippen molar-refractivity contribution in [2.75, 3.05) is 32.1 Å². The van der Waals surface area contributed by atoms with Crippen LogP contribution in [0, 0.1) is 0 Å². The Morgan fingerprint density at radius 3 is 2.61 bits per heavy atom. The molecule has 4 nitrogen and oxygen atoms in total. The molecule has 0 spiro atoms. The second-order valence-corrected chi connectivity index (χ2v) is 4.64. The first-order valence-corrected chi connectivity index (χ1v) is 6.38. The molecule has 1 saturated heterocycles. The zero-order valence-corrected chi connectivity index (χ0v) is 10.8. The van der Waals surface area contributed by atoms with E-state index in [9.17, 15) is 4.79 Å². The zero-order chi connectivity index (χ0) is 12.8. The third-order valence-corrected chi connectivity index (χ3v) is 3.31. The summed E-state index contributed by atoms with van der Waals surface area (Å²) >= 11 is 0. The number of carbonyl (C=O) groups excluding carboxylic acids is 1. The lowest BCUT2D eigenvalue weighted by Crippen LogP contribution is -2.41. The number of nitrogens with one attached hydrogen (secondary N) is 1. The maximum atomic E-state index is 11.2. The van der Waals surface area contributed by atoms with E-state index in [2.05, 4.69) is 27.1 Å². The quantitative estimate of drug-likeness (QED) is 0.824. The predicted octanol–water partition coefficient (Wildman–Crippen LogP) is 1.74. The number of likely N-dealkylation sites (tertiary alicyclic amines) is 1. The average Bonchev–Trinajstić information content (AvgIpc) is 2.42. The van der Waals surface area contributed by atoms with Crippen molar-refractivity contribution in [1.29, 1.82) is 0 Å². The van der Waals surface area contributed by atoms with Gasteiger partial charge in [0, 0.05) is 24.8 Å². The maximum absolute atomic E-state index is 11.2. The molecule has 0 radical (unpaired) electrons. The predicted molar refractivity (Wildman–Crippen MR) is 71.5 cm³/mol. The summed E-state index contributed by atoms with van der Waals surface area (Å²) in [5.41, 5.74) is 1.17. The van der Waals surface area contributed by atoms with Gasteiger partial charge in [-0.3, -0.25) is 9.69 Å². The average molecular weight is 248 g/mol. The Kier molecular flexibility index (Phi) is 4.59. The van der Waals surface area contributed by atoms with E-state index >= 15 is 0 Å². The Morgan fingerprint density at radius 1 is 1.33 bits per heavy atom. The second-order valence-electron chi connectivity index (χ2n) is 4.64. The van der Waals surface area contributed by atoms with Crippen LogP contribution in [0.3, 0.4) is 0 Å². The molecular weight excluding hydrogens is 228 g/mol. The molecule has 1 fully saturated rings. The summed E-state index contributed by atoms with van der Waals surface area (Å²) in [7, 11) is 1.44. The fraction of sp³-hybridized carbons (Fsp3) is 0.500. The molecule has 0 amide bonds. The van der Waals surface area contributed by atoms with Crippen molar-refractivity contribution in [3.05, 3.63) is 30.3 Å².